The number of hydrogen-bond donors (Lipinski definition) is 0. The van der Waals surface area contributed by atoms with Gasteiger partial charge in [0.2, 0.25) is 0 Å². The van der Waals surface area contributed by atoms with E-state index in [2.05, 4.69) is 45.8 Å². The number of pyridine rings is 1. The first-order valence-corrected chi connectivity index (χ1v) is 7.73. The Morgan fingerprint density at radius 2 is 2.05 bits per heavy atom. The summed E-state index contributed by atoms with van der Waals surface area (Å²) in [6.45, 7) is 7.16. The lowest BCUT2D eigenvalue weighted by atomic mass is 10.2. The highest BCUT2D eigenvalue weighted by Crippen LogP contribution is 2.15. The van der Waals surface area contributed by atoms with Crippen LogP contribution in [0.4, 0.5) is 0 Å². The Morgan fingerprint density at radius 3 is 2.86 bits per heavy atom. The fraction of sp³-hybridized carbons (Fsp3) is 0.471. The molecule has 112 valence electrons. The maximum Gasteiger partial charge on any atom is 0.139 e. The zero-order chi connectivity index (χ0) is 14.5. The minimum absolute atomic E-state index is 0.878. The average Bonchev–Trinajstić information content (AvgIpc) is 2.97. The summed E-state index contributed by atoms with van der Waals surface area (Å²) < 4.78 is 7.60. The number of aromatic nitrogens is 2. The van der Waals surface area contributed by atoms with Crippen molar-refractivity contribution in [3.05, 3.63) is 47.9 Å². The normalized spacial score (nSPS) is 16.2. The Balaban J connectivity index is 1.62. The first-order chi connectivity index (χ1) is 10.3. The van der Waals surface area contributed by atoms with Crippen molar-refractivity contribution in [3.8, 4) is 5.82 Å². The standard InChI is InChI=1S/C17H23N3O/c1-15-5-2-8-18-17(15)20-10-4-7-16(20)6-3-9-19-11-13-21-14-12-19/h2,4-5,7-8,10H,3,6,9,11-14H2,1H3. The van der Waals surface area contributed by atoms with Gasteiger partial charge >= 0.3 is 0 Å². The van der Waals surface area contributed by atoms with E-state index in [1.54, 1.807) is 0 Å². The third-order valence-corrected chi connectivity index (χ3v) is 4.05. The van der Waals surface area contributed by atoms with Gasteiger partial charge < -0.3 is 9.30 Å². The predicted octanol–water partition coefficient (Wildman–Crippen LogP) is 2.45. The van der Waals surface area contributed by atoms with Gasteiger partial charge in [0.1, 0.15) is 5.82 Å². The number of aryl methyl sites for hydroxylation is 2. The lowest BCUT2D eigenvalue weighted by molar-refractivity contribution is 0.0374. The molecule has 0 aromatic carbocycles. The lowest BCUT2D eigenvalue weighted by Gasteiger charge is -2.26. The highest BCUT2D eigenvalue weighted by molar-refractivity contribution is 5.35. The molecule has 0 unspecified atom stereocenters. The van der Waals surface area contributed by atoms with E-state index in [9.17, 15) is 0 Å². The van der Waals surface area contributed by atoms with Crippen LogP contribution in [-0.2, 0) is 11.2 Å². The van der Waals surface area contributed by atoms with Crippen molar-refractivity contribution in [2.75, 3.05) is 32.8 Å². The molecule has 2 aromatic rings. The van der Waals surface area contributed by atoms with Crippen LogP contribution in [0, 0.1) is 6.92 Å². The molecule has 0 radical (unpaired) electrons. The molecule has 0 amide bonds. The van der Waals surface area contributed by atoms with Gasteiger partial charge in [-0.3, -0.25) is 4.90 Å². The van der Waals surface area contributed by atoms with Crippen molar-refractivity contribution in [3.63, 3.8) is 0 Å². The van der Waals surface area contributed by atoms with Gasteiger partial charge in [0.05, 0.1) is 13.2 Å². The fourth-order valence-electron chi connectivity index (χ4n) is 2.86. The van der Waals surface area contributed by atoms with Crippen LogP contribution in [0.25, 0.3) is 5.82 Å². The van der Waals surface area contributed by atoms with Crippen LogP contribution in [0.3, 0.4) is 0 Å². The molecule has 4 nitrogen and oxygen atoms in total. The van der Waals surface area contributed by atoms with E-state index in [0.29, 0.717) is 0 Å². The molecule has 21 heavy (non-hydrogen) atoms. The van der Waals surface area contributed by atoms with Crippen molar-refractivity contribution in [2.24, 2.45) is 0 Å². The number of ether oxygens (including phenoxy) is 1. The molecule has 2 aromatic heterocycles. The van der Waals surface area contributed by atoms with E-state index in [4.69, 9.17) is 4.74 Å². The SMILES string of the molecule is Cc1cccnc1-n1cccc1CCCN1CCOCC1. The summed E-state index contributed by atoms with van der Waals surface area (Å²) in [5.41, 5.74) is 2.55. The summed E-state index contributed by atoms with van der Waals surface area (Å²) >= 11 is 0. The second-order valence-electron chi connectivity index (χ2n) is 5.57. The summed E-state index contributed by atoms with van der Waals surface area (Å²) in [5.74, 6) is 1.05. The molecule has 0 N–H and O–H groups in total. The maximum absolute atomic E-state index is 5.39. The highest BCUT2D eigenvalue weighted by Gasteiger charge is 2.11. The van der Waals surface area contributed by atoms with Crippen LogP contribution < -0.4 is 0 Å². The molecular formula is C17H23N3O. The molecule has 1 fully saturated rings. The van der Waals surface area contributed by atoms with Gasteiger partial charge in [-0.2, -0.15) is 0 Å². The van der Waals surface area contributed by atoms with E-state index in [0.717, 1.165) is 45.1 Å². The Kier molecular flexibility index (Phi) is 4.68. The molecule has 0 spiro atoms. The van der Waals surface area contributed by atoms with Gasteiger partial charge in [0.15, 0.2) is 0 Å². The van der Waals surface area contributed by atoms with E-state index < -0.39 is 0 Å². The van der Waals surface area contributed by atoms with E-state index in [1.807, 2.05) is 12.3 Å². The number of nitrogens with zero attached hydrogens (tertiary/aromatic N) is 3. The molecule has 0 atom stereocenters. The summed E-state index contributed by atoms with van der Waals surface area (Å²) in [4.78, 5) is 7.00. The Morgan fingerprint density at radius 1 is 1.19 bits per heavy atom. The minimum atomic E-state index is 0.878. The number of morpholine rings is 1. The topological polar surface area (TPSA) is 30.3 Å². The zero-order valence-electron chi connectivity index (χ0n) is 12.7. The molecule has 0 saturated carbocycles. The van der Waals surface area contributed by atoms with Crippen LogP contribution in [0.2, 0.25) is 0 Å². The van der Waals surface area contributed by atoms with Crippen molar-refractivity contribution < 1.29 is 4.74 Å². The smallest absolute Gasteiger partial charge is 0.139 e. The van der Waals surface area contributed by atoms with E-state index >= 15 is 0 Å². The van der Waals surface area contributed by atoms with Gasteiger partial charge in [0, 0.05) is 31.2 Å². The second-order valence-corrected chi connectivity index (χ2v) is 5.57. The van der Waals surface area contributed by atoms with Gasteiger partial charge in [-0.05, 0) is 50.1 Å². The summed E-state index contributed by atoms with van der Waals surface area (Å²) in [6, 6.07) is 8.41. The molecule has 0 aliphatic carbocycles. The van der Waals surface area contributed by atoms with Crippen molar-refractivity contribution in [1.82, 2.24) is 14.5 Å². The predicted molar refractivity (Wildman–Crippen MR) is 83.9 cm³/mol. The van der Waals surface area contributed by atoms with Crippen LogP contribution in [0.15, 0.2) is 36.7 Å². The molecule has 1 saturated heterocycles. The summed E-state index contributed by atoms with van der Waals surface area (Å²) in [6.07, 6.45) is 6.23. The maximum atomic E-state index is 5.39. The number of hydrogen-bond acceptors (Lipinski definition) is 3. The Hall–Kier alpha value is -1.65. The van der Waals surface area contributed by atoms with E-state index in [-0.39, 0.29) is 0 Å². The largest absolute Gasteiger partial charge is 0.379 e. The van der Waals surface area contributed by atoms with Gasteiger partial charge in [-0.15, -0.1) is 0 Å². The molecule has 4 heteroatoms. The highest BCUT2D eigenvalue weighted by atomic mass is 16.5. The van der Waals surface area contributed by atoms with Crippen molar-refractivity contribution in [2.45, 2.75) is 19.8 Å². The molecule has 3 heterocycles. The van der Waals surface area contributed by atoms with E-state index in [1.165, 1.54) is 17.7 Å². The Labute approximate surface area is 126 Å². The molecular weight excluding hydrogens is 262 g/mol. The third-order valence-electron chi connectivity index (χ3n) is 4.05. The second kappa shape index (κ2) is 6.87. The average molecular weight is 285 g/mol. The molecule has 3 rings (SSSR count). The van der Waals surface area contributed by atoms with Crippen LogP contribution in [-0.4, -0.2) is 47.3 Å². The lowest BCUT2D eigenvalue weighted by Crippen LogP contribution is -2.37. The quantitative estimate of drug-likeness (QED) is 0.845. The minimum Gasteiger partial charge on any atom is -0.379 e. The third kappa shape index (κ3) is 3.52. The molecule has 0 bridgehead atoms. The van der Waals surface area contributed by atoms with Gasteiger partial charge in [-0.25, -0.2) is 4.98 Å². The first-order valence-electron chi connectivity index (χ1n) is 7.73. The zero-order valence-corrected chi connectivity index (χ0v) is 12.7. The van der Waals surface area contributed by atoms with Crippen LogP contribution >= 0.6 is 0 Å². The summed E-state index contributed by atoms with van der Waals surface area (Å²) in [7, 11) is 0. The molecule has 1 aliphatic rings. The van der Waals surface area contributed by atoms with Crippen LogP contribution in [0.1, 0.15) is 17.7 Å². The van der Waals surface area contributed by atoms with Gasteiger partial charge in [0.25, 0.3) is 0 Å². The van der Waals surface area contributed by atoms with Crippen molar-refractivity contribution in [1.29, 1.82) is 0 Å². The monoisotopic (exact) mass is 285 g/mol. The number of rotatable bonds is 5. The summed E-state index contributed by atoms with van der Waals surface area (Å²) in [5, 5.41) is 0. The van der Waals surface area contributed by atoms with Crippen LogP contribution in [0.5, 0.6) is 0 Å². The van der Waals surface area contributed by atoms with Gasteiger partial charge in [-0.1, -0.05) is 6.07 Å². The first kappa shape index (κ1) is 14.3. The van der Waals surface area contributed by atoms with Crippen molar-refractivity contribution >= 4 is 0 Å². The Bertz CT molecular complexity index is 573. The fourth-order valence-corrected chi connectivity index (χ4v) is 2.86. The molecule has 1 aliphatic heterocycles.